The first-order chi connectivity index (χ1) is 7.62. The summed E-state index contributed by atoms with van der Waals surface area (Å²) in [6.45, 7) is -0.109. The summed E-state index contributed by atoms with van der Waals surface area (Å²) in [6, 6.07) is 8.82. The Bertz CT molecular complexity index is 417. The van der Waals surface area contributed by atoms with Gasteiger partial charge in [0, 0.05) is 5.56 Å². The first-order valence-electron chi connectivity index (χ1n) is 4.85. The minimum absolute atomic E-state index is 0.109. The predicted octanol–water partition coefficient (Wildman–Crippen LogP) is 0.460. The molecule has 0 aromatic heterocycles. The Kier molecular flexibility index (Phi) is 2.62. The number of ether oxygens (including phenoxy) is 1. The lowest BCUT2D eigenvalue weighted by molar-refractivity contribution is -0.144. The van der Waals surface area contributed by atoms with Gasteiger partial charge in [-0.25, -0.2) is 0 Å². The number of carboxylic acids is 1. The number of carbonyl (C=O) groups excluding carboxylic acids is 1. The highest BCUT2D eigenvalue weighted by Gasteiger charge is 2.42. The molecule has 0 radical (unpaired) electrons. The molecule has 1 heterocycles. The Morgan fingerprint density at radius 2 is 2.12 bits per heavy atom. The van der Waals surface area contributed by atoms with E-state index in [4.69, 9.17) is 9.84 Å². The van der Waals surface area contributed by atoms with Crippen LogP contribution < -0.4 is 5.32 Å². The fourth-order valence-corrected chi connectivity index (χ4v) is 1.76. The van der Waals surface area contributed by atoms with Crippen LogP contribution >= 0.6 is 0 Å². The van der Waals surface area contributed by atoms with Crippen molar-refractivity contribution in [2.75, 3.05) is 6.61 Å². The van der Waals surface area contributed by atoms with Crippen LogP contribution in [0, 0.1) is 0 Å². The van der Waals surface area contributed by atoms with Crippen molar-refractivity contribution < 1.29 is 19.4 Å². The van der Waals surface area contributed by atoms with E-state index in [9.17, 15) is 9.59 Å². The van der Waals surface area contributed by atoms with E-state index in [0.29, 0.717) is 5.56 Å². The normalized spacial score (nSPS) is 24.1. The Hall–Kier alpha value is -1.88. The molecular weight excluding hydrogens is 210 g/mol. The number of amides is 1. The van der Waals surface area contributed by atoms with E-state index in [1.54, 1.807) is 24.3 Å². The summed E-state index contributed by atoms with van der Waals surface area (Å²) in [7, 11) is 0. The van der Waals surface area contributed by atoms with Crippen LogP contribution in [0.3, 0.4) is 0 Å². The maximum Gasteiger partial charge on any atom is 0.308 e. The van der Waals surface area contributed by atoms with Crippen molar-refractivity contribution in [2.24, 2.45) is 0 Å². The van der Waals surface area contributed by atoms with Crippen LogP contribution in [0.15, 0.2) is 30.3 Å². The summed E-state index contributed by atoms with van der Waals surface area (Å²) in [5, 5.41) is 11.4. The molecule has 2 N–H and O–H groups in total. The quantitative estimate of drug-likeness (QED) is 0.777. The second kappa shape index (κ2) is 3.94. The Morgan fingerprint density at radius 1 is 1.44 bits per heavy atom. The second-order valence-electron chi connectivity index (χ2n) is 3.60. The van der Waals surface area contributed by atoms with Gasteiger partial charge in [0.05, 0.1) is 6.42 Å². The zero-order valence-corrected chi connectivity index (χ0v) is 8.47. The molecule has 0 saturated carbocycles. The van der Waals surface area contributed by atoms with E-state index in [-0.39, 0.29) is 18.9 Å². The molecule has 1 saturated heterocycles. The summed E-state index contributed by atoms with van der Waals surface area (Å²) in [4.78, 5) is 22.0. The van der Waals surface area contributed by atoms with Gasteiger partial charge in [0.2, 0.25) is 5.91 Å². The monoisotopic (exact) mass is 221 g/mol. The van der Waals surface area contributed by atoms with Crippen molar-refractivity contribution >= 4 is 11.9 Å². The number of hydrogen-bond donors (Lipinski definition) is 2. The number of hydrogen-bond acceptors (Lipinski definition) is 3. The van der Waals surface area contributed by atoms with E-state index >= 15 is 0 Å². The van der Waals surface area contributed by atoms with Crippen LogP contribution in [-0.2, 0) is 20.1 Å². The molecule has 0 aliphatic carbocycles. The van der Waals surface area contributed by atoms with Gasteiger partial charge in [0.1, 0.15) is 6.61 Å². The van der Waals surface area contributed by atoms with Gasteiger partial charge in [-0.1, -0.05) is 30.3 Å². The van der Waals surface area contributed by atoms with Crippen molar-refractivity contribution in [1.29, 1.82) is 0 Å². The molecule has 5 heteroatoms. The van der Waals surface area contributed by atoms with Crippen molar-refractivity contribution in [3.8, 4) is 0 Å². The van der Waals surface area contributed by atoms with Crippen LogP contribution in [0.1, 0.15) is 12.0 Å². The summed E-state index contributed by atoms with van der Waals surface area (Å²) in [6.07, 6.45) is -0.289. The molecule has 84 valence electrons. The predicted molar refractivity (Wildman–Crippen MR) is 54.5 cm³/mol. The summed E-state index contributed by atoms with van der Waals surface area (Å²) >= 11 is 0. The Labute approximate surface area is 92.0 Å². The fourth-order valence-electron chi connectivity index (χ4n) is 1.76. The molecule has 1 fully saturated rings. The van der Waals surface area contributed by atoms with Gasteiger partial charge in [-0.15, -0.1) is 0 Å². The highest BCUT2D eigenvalue weighted by molar-refractivity contribution is 5.81. The number of rotatable bonds is 3. The Balaban J connectivity index is 2.35. The van der Waals surface area contributed by atoms with Gasteiger partial charge in [-0.05, 0) is 0 Å². The van der Waals surface area contributed by atoms with E-state index in [1.165, 1.54) is 0 Å². The second-order valence-corrected chi connectivity index (χ2v) is 3.60. The molecule has 16 heavy (non-hydrogen) atoms. The minimum Gasteiger partial charge on any atom is -0.481 e. The minimum atomic E-state index is -1.22. The lowest BCUT2D eigenvalue weighted by Gasteiger charge is -2.26. The lowest BCUT2D eigenvalue weighted by Crippen LogP contribution is -2.41. The van der Waals surface area contributed by atoms with Crippen molar-refractivity contribution in [3.63, 3.8) is 0 Å². The lowest BCUT2D eigenvalue weighted by atomic mass is 10.00. The average molecular weight is 221 g/mol. The summed E-state index contributed by atoms with van der Waals surface area (Å²) < 4.78 is 5.31. The first kappa shape index (κ1) is 10.6. The van der Waals surface area contributed by atoms with E-state index in [0.717, 1.165) is 0 Å². The van der Waals surface area contributed by atoms with Crippen molar-refractivity contribution in [1.82, 2.24) is 5.32 Å². The van der Waals surface area contributed by atoms with Crippen LogP contribution in [0.5, 0.6) is 0 Å². The Morgan fingerprint density at radius 3 is 2.62 bits per heavy atom. The van der Waals surface area contributed by atoms with Gasteiger partial charge < -0.3 is 15.2 Å². The molecule has 0 bridgehead atoms. The molecule has 5 nitrogen and oxygen atoms in total. The molecule has 1 aromatic carbocycles. The molecule has 2 rings (SSSR count). The zero-order chi connectivity index (χ0) is 11.6. The van der Waals surface area contributed by atoms with Gasteiger partial charge in [0.15, 0.2) is 5.72 Å². The van der Waals surface area contributed by atoms with Gasteiger partial charge in [-0.3, -0.25) is 9.59 Å². The van der Waals surface area contributed by atoms with Crippen molar-refractivity contribution in [3.05, 3.63) is 35.9 Å². The molecule has 1 aliphatic rings. The highest BCUT2D eigenvalue weighted by atomic mass is 16.5. The van der Waals surface area contributed by atoms with Crippen LogP contribution in [0.2, 0.25) is 0 Å². The van der Waals surface area contributed by atoms with Crippen LogP contribution in [0.25, 0.3) is 0 Å². The largest absolute Gasteiger partial charge is 0.481 e. The molecular formula is C11H11NO4. The standard InChI is InChI=1S/C11H11NO4/c13-9-7-16-11(12-9,6-10(14)15)8-4-2-1-3-5-8/h1-5H,6-7H2,(H,12,13)(H,14,15)/t11-/m0/s1. The maximum atomic E-state index is 11.2. The van der Waals surface area contributed by atoms with Crippen molar-refractivity contribution in [2.45, 2.75) is 12.1 Å². The third kappa shape index (κ3) is 1.90. The van der Waals surface area contributed by atoms with Crippen LogP contribution in [-0.4, -0.2) is 23.6 Å². The maximum absolute atomic E-state index is 11.2. The topological polar surface area (TPSA) is 75.6 Å². The number of nitrogens with one attached hydrogen (secondary N) is 1. The average Bonchev–Trinajstić information content (AvgIpc) is 2.62. The third-order valence-corrected chi connectivity index (χ3v) is 2.43. The van der Waals surface area contributed by atoms with Crippen LogP contribution in [0.4, 0.5) is 0 Å². The highest BCUT2D eigenvalue weighted by Crippen LogP contribution is 2.29. The number of carboxylic acid groups (broad SMARTS) is 1. The fraction of sp³-hybridized carbons (Fsp3) is 0.273. The number of benzene rings is 1. The SMILES string of the molecule is O=C(O)C[C@]1(c2ccccc2)NC(=O)CO1. The summed E-state index contributed by atoms with van der Waals surface area (Å²) in [5.41, 5.74) is -0.576. The molecule has 1 aliphatic heterocycles. The number of carbonyl (C=O) groups is 2. The molecule has 1 atom stereocenters. The van der Waals surface area contributed by atoms with Gasteiger partial charge in [-0.2, -0.15) is 0 Å². The van der Waals surface area contributed by atoms with E-state index in [2.05, 4.69) is 5.32 Å². The van der Waals surface area contributed by atoms with Gasteiger partial charge >= 0.3 is 5.97 Å². The molecule has 1 aromatic rings. The van der Waals surface area contributed by atoms with Gasteiger partial charge in [0.25, 0.3) is 0 Å². The van der Waals surface area contributed by atoms with E-state index in [1.807, 2.05) is 6.07 Å². The molecule has 0 spiro atoms. The zero-order valence-electron chi connectivity index (χ0n) is 8.47. The first-order valence-corrected chi connectivity index (χ1v) is 4.85. The molecule has 1 amide bonds. The summed E-state index contributed by atoms with van der Waals surface area (Å²) in [5.74, 6) is -1.32. The third-order valence-electron chi connectivity index (χ3n) is 2.43. The van der Waals surface area contributed by atoms with E-state index < -0.39 is 11.7 Å². The smallest absolute Gasteiger partial charge is 0.308 e. The number of aliphatic carboxylic acids is 1. The molecule has 0 unspecified atom stereocenters.